The highest BCUT2D eigenvalue weighted by Crippen LogP contribution is 2.28. The number of aromatic nitrogens is 1. The molecule has 2 rings (SSSR count). The van der Waals surface area contributed by atoms with Crippen molar-refractivity contribution in [3.05, 3.63) is 23.4 Å². The molecule has 0 unspecified atom stereocenters. The van der Waals surface area contributed by atoms with Crippen molar-refractivity contribution in [1.82, 2.24) is 4.98 Å². The van der Waals surface area contributed by atoms with Crippen LogP contribution >= 0.6 is 0 Å². The number of pyridine rings is 1. The molecule has 0 bridgehead atoms. The molecule has 20 heavy (non-hydrogen) atoms. The summed E-state index contributed by atoms with van der Waals surface area (Å²) in [5, 5.41) is 18.8. The van der Waals surface area contributed by atoms with Crippen LogP contribution in [0.5, 0.6) is 0 Å². The maximum Gasteiger partial charge on any atom is 0.129 e. The van der Waals surface area contributed by atoms with Crippen molar-refractivity contribution >= 4 is 5.82 Å². The van der Waals surface area contributed by atoms with Gasteiger partial charge in [0.25, 0.3) is 0 Å². The van der Waals surface area contributed by atoms with Crippen LogP contribution in [0.1, 0.15) is 56.7 Å². The summed E-state index contributed by atoms with van der Waals surface area (Å²) in [5.74, 6) is 1.24. The number of aliphatic hydroxyl groups is 2. The van der Waals surface area contributed by atoms with E-state index in [0.29, 0.717) is 18.5 Å². The first-order chi connectivity index (χ1) is 9.65. The van der Waals surface area contributed by atoms with E-state index in [1.54, 1.807) is 0 Å². The quantitative estimate of drug-likeness (QED) is 0.839. The van der Waals surface area contributed by atoms with Crippen LogP contribution in [0.3, 0.4) is 0 Å². The zero-order valence-corrected chi connectivity index (χ0v) is 12.5. The summed E-state index contributed by atoms with van der Waals surface area (Å²) in [4.78, 5) is 6.97. The fourth-order valence-electron chi connectivity index (χ4n) is 2.94. The van der Waals surface area contributed by atoms with E-state index in [1.807, 2.05) is 12.1 Å². The van der Waals surface area contributed by atoms with Crippen LogP contribution in [0.2, 0.25) is 0 Å². The van der Waals surface area contributed by atoms with Crippen molar-refractivity contribution in [2.24, 2.45) is 0 Å². The summed E-state index contributed by atoms with van der Waals surface area (Å²) in [6, 6.07) is 4.41. The van der Waals surface area contributed by atoms with Crippen molar-refractivity contribution in [1.29, 1.82) is 0 Å². The molecule has 0 aliphatic heterocycles. The van der Waals surface area contributed by atoms with Crippen LogP contribution in [0.25, 0.3) is 0 Å². The molecule has 0 radical (unpaired) electrons. The molecule has 0 spiro atoms. The second-order valence-corrected chi connectivity index (χ2v) is 5.93. The first-order valence-corrected chi connectivity index (χ1v) is 7.65. The Kier molecular flexibility index (Phi) is 5.38. The van der Waals surface area contributed by atoms with E-state index in [4.69, 9.17) is 4.98 Å². The lowest BCUT2D eigenvalue weighted by molar-refractivity contribution is 0.281. The van der Waals surface area contributed by atoms with E-state index in [9.17, 15) is 10.2 Å². The second-order valence-electron chi connectivity index (χ2n) is 5.93. The highest BCUT2D eigenvalue weighted by atomic mass is 16.3. The average molecular weight is 278 g/mol. The minimum atomic E-state index is 0.0346. The van der Waals surface area contributed by atoms with Gasteiger partial charge < -0.3 is 15.1 Å². The maximum absolute atomic E-state index is 9.45. The van der Waals surface area contributed by atoms with Gasteiger partial charge in [0.15, 0.2) is 0 Å². The molecule has 4 heteroatoms. The van der Waals surface area contributed by atoms with Crippen LogP contribution in [0, 0.1) is 0 Å². The standard InChI is InChI=1S/C16H26N2O2/c1-12(2)15-9-13(11-20)10-16(17-15)18(7-8-19)14-5-3-4-6-14/h9-10,12,14,19-20H,3-8,11H2,1-2H3. The third-order valence-corrected chi connectivity index (χ3v) is 4.07. The highest BCUT2D eigenvalue weighted by molar-refractivity contribution is 5.44. The van der Waals surface area contributed by atoms with Gasteiger partial charge in [-0.2, -0.15) is 0 Å². The fraction of sp³-hybridized carbons (Fsp3) is 0.688. The van der Waals surface area contributed by atoms with Gasteiger partial charge in [0.05, 0.1) is 13.2 Å². The number of rotatable bonds is 6. The maximum atomic E-state index is 9.45. The van der Waals surface area contributed by atoms with Gasteiger partial charge in [0, 0.05) is 18.3 Å². The molecule has 0 amide bonds. The Morgan fingerprint density at radius 3 is 2.50 bits per heavy atom. The summed E-state index contributed by atoms with van der Waals surface area (Å²) in [6.45, 7) is 5.01. The Hall–Kier alpha value is -1.13. The van der Waals surface area contributed by atoms with Gasteiger partial charge in [-0.05, 0) is 36.5 Å². The molecule has 1 fully saturated rings. The minimum Gasteiger partial charge on any atom is -0.395 e. The second kappa shape index (κ2) is 7.04. The minimum absolute atomic E-state index is 0.0346. The van der Waals surface area contributed by atoms with E-state index in [-0.39, 0.29) is 13.2 Å². The Balaban J connectivity index is 2.32. The van der Waals surface area contributed by atoms with E-state index in [2.05, 4.69) is 18.7 Å². The van der Waals surface area contributed by atoms with Crippen molar-refractivity contribution in [2.45, 2.75) is 58.1 Å². The highest BCUT2D eigenvalue weighted by Gasteiger charge is 2.24. The van der Waals surface area contributed by atoms with Gasteiger partial charge in [-0.25, -0.2) is 4.98 Å². The van der Waals surface area contributed by atoms with E-state index in [0.717, 1.165) is 17.1 Å². The van der Waals surface area contributed by atoms with Crippen molar-refractivity contribution in [3.63, 3.8) is 0 Å². The van der Waals surface area contributed by atoms with Crippen molar-refractivity contribution in [2.75, 3.05) is 18.1 Å². The lowest BCUT2D eigenvalue weighted by Gasteiger charge is -2.30. The molecule has 0 aromatic carbocycles. The van der Waals surface area contributed by atoms with Crippen LogP contribution in [-0.4, -0.2) is 34.4 Å². The van der Waals surface area contributed by atoms with Crippen LogP contribution < -0.4 is 4.90 Å². The largest absolute Gasteiger partial charge is 0.395 e. The Morgan fingerprint density at radius 2 is 1.95 bits per heavy atom. The van der Waals surface area contributed by atoms with E-state index in [1.165, 1.54) is 25.7 Å². The van der Waals surface area contributed by atoms with Gasteiger partial charge >= 0.3 is 0 Å². The third-order valence-electron chi connectivity index (χ3n) is 4.07. The smallest absolute Gasteiger partial charge is 0.129 e. The molecular formula is C16H26N2O2. The van der Waals surface area contributed by atoms with Gasteiger partial charge in [-0.15, -0.1) is 0 Å². The lowest BCUT2D eigenvalue weighted by atomic mass is 10.1. The van der Waals surface area contributed by atoms with Crippen LogP contribution in [-0.2, 0) is 6.61 Å². The summed E-state index contributed by atoms with van der Waals surface area (Å²) >= 11 is 0. The molecule has 2 N–H and O–H groups in total. The normalized spacial score (nSPS) is 16.1. The molecule has 1 aromatic heterocycles. The Morgan fingerprint density at radius 1 is 1.25 bits per heavy atom. The van der Waals surface area contributed by atoms with Gasteiger partial charge in [0.1, 0.15) is 5.82 Å². The number of hydrogen-bond acceptors (Lipinski definition) is 4. The van der Waals surface area contributed by atoms with Gasteiger partial charge in [-0.3, -0.25) is 0 Å². The fourth-order valence-corrected chi connectivity index (χ4v) is 2.94. The molecular weight excluding hydrogens is 252 g/mol. The predicted octanol–water partition coefficient (Wildman–Crippen LogP) is 2.44. The van der Waals surface area contributed by atoms with Crippen molar-refractivity contribution in [3.8, 4) is 0 Å². The molecule has 0 saturated heterocycles. The number of hydrogen-bond donors (Lipinski definition) is 2. The monoisotopic (exact) mass is 278 g/mol. The zero-order chi connectivity index (χ0) is 14.5. The lowest BCUT2D eigenvalue weighted by Crippen LogP contribution is -2.36. The molecule has 1 aromatic rings. The summed E-state index contributed by atoms with van der Waals surface area (Å²) in [6.07, 6.45) is 4.84. The zero-order valence-electron chi connectivity index (χ0n) is 12.5. The molecule has 1 heterocycles. The average Bonchev–Trinajstić information content (AvgIpc) is 2.98. The van der Waals surface area contributed by atoms with E-state index < -0.39 is 0 Å². The number of aliphatic hydroxyl groups excluding tert-OH is 2. The first-order valence-electron chi connectivity index (χ1n) is 7.65. The van der Waals surface area contributed by atoms with E-state index >= 15 is 0 Å². The molecule has 1 aliphatic carbocycles. The molecule has 0 atom stereocenters. The molecule has 1 aliphatic rings. The SMILES string of the molecule is CC(C)c1cc(CO)cc(N(CCO)C2CCCC2)n1. The summed E-state index contributed by atoms with van der Waals surface area (Å²) in [7, 11) is 0. The van der Waals surface area contributed by atoms with Gasteiger partial charge in [0.2, 0.25) is 0 Å². The topological polar surface area (TPSA) is 56.6 Å². The number of anilines is 1. The predicted molar refractivity (Wildman–Crippen MR) is 80.9 cm³/mol. The molecule has 4 nitrogen and oxygen atoms in total. The van der Waals surface area contributed by atoms with Crippen molar-refractivity contribution < 1.29 is 10.2 Å². The van der Waals surface area contributed by atoms with Crippen LogP contribution in [0.4, 0.5) is 5.82 Å². The first kappa shape index (κ1) is 15.3. The molecule has 1 saturated carbocycles. The van der Waals surface area contributed by atoms with Crippen LogP contribution in [0.15, 0.2) is 12.1 Å². The summed E-state index contributed by atoms with van der Waals surface area (Å²) < 4.78 is 0. The molecule has 112 valence electrons. The number of nitrogens with zero attached hydrogens (tertiary/aromatic N) is 2. The van der Waals surface area contributed by atoms with Gasteiger partial charge in [-0.1, -0.05) is 26.7 Å². The summed E-state index contributed by atoms with van der Waals surface area (Å²) in [5.41, 5.74) is 1.91. The Labute approximate surface area is 121 Å². The third kappa shape index (κ3) is 3.49. The Bertz CT molecular complexity index is 428.